The van der Waals surface area contributed by atoms with Gasteiger partial charge in [-0.15, -0.1) is 0 Å². The van der Waals surface area contributed by atoms with Gasteiger partial charge in [-0.1, -0.05) is 20.8 Å². The number of aryl methyl sites for hydroxylation is 1. The molecule has 0 aromatic carbocycles. The molecule has 3 fully saturated rings. The standard InChI is InChI=1S/C45H80N4O14.CH2O2/c1-15-32-45(11,56)37(51)29(7)49(18-16-17-46-40(53)36-28(6)47-23-58-36)22-24(2)20-43(9,55)39(63-42-34(50)31(48(12)13)19-25(3)59-42)26(4)35(27(5)41(54)61-32)62-33-21-44(10,57-14)38(52)30(8)60-33;2-1-3/h23-27,29-35,37-39,42,50-52,55-56H,15-22H2,1-14H3,(H,46,53);1H,(H,2,3)/t24-,25-,26+,27-,29-,30+,31+,32-,33+,34-,35+,37-,38+,39-,42+,43-,44-,45-;/m1./s1. The van der Waals surface area contributed by atoms with Gasteiger partial charge in [0.15, 0.2) is 19.0 Å². The zero-order chi connectivity index (χ0) is 50.1. The van der Waals surface area contributed by atoms with E-state index in [0.29, 0.717) is 31.6 Å². The Morgan fingerprint density at radius 2 is 1.67 bits per heavy atom. The zero-order valence-electron chi connectivity index (χ0n) is 41.6. The van der Waals surface area contributed by atoms with Crippen molar-refractivity contribution in [1.29, 1.82) is 0 Å². The molecule has 0 saturated carbocycles. The molecule has 1 aromatic rings. The quantitative estimate of drug-likeness (QED) is 0.0898. The van der Waals surface area contributed by atoms with Gasteiger partial charge in [0.1, 0.15) is 30.0 Å². The Morgan fingerprint density at radius 1 is 1.03 bits per heavy atom. The van der Waals surface area contributed by atoms with Crippen molar-refractivity contribution in [2.75, 3.05) is 40.8 Å². The van der Waals surface area contributed by atoms with E-state index in [0.717, 1.165) is 0 Å². The molecule has 0 spiro atoms. The predicted molar refractivity (Wildman–Crippen MR) is 240 cm³/mol. The van der Waals surface area contributed by atoms with Crippen molar-refractivity contribution < 1.29 is 77.9 Å². The van der Waals surface area contributed by atoms with Crippen LogP contribution in [0, 0.1) is 24.7 Å². The van der Waals surface area contributed by atoms with Gasteiger partial charge in [0.25, 0.3) is 12.4 Å². The highest BCUT2D eigenvalue weighted by molar-refractivity contribution is 5.92. The fourth-order valence-electron chi connectivity index (χ4n) is 9.98. The van der Waals surface area contributed by atoms with E-state index in [1.807, 2.05) is 37.7 Å². The second kappa shape index (κ2) is 24.6. The van der Waals surface area contributed by atoms with E-state index >= 15 is 0 Å². The van der Waals surface area contributed by atoms with Crippen LogP contribution in [-0.4, -0.2) is 195 Å². The van der Waals surface area contributed by atoms with Gasteiger partial charge in [-0.25, -0.2) is 4.98 Å². The molecule has 7 N–H and O–H groups in total. The van der Waals surface area contributed by atoms with E-state index in [-0.39, 0.29) is 56.1 Å². The fourth-order valence-corrected chi connectivity index (χ4v) is 9.98. The van der Waals surface area contributed by atoms with Gasteiger partial charge >= 0.3 is 5.97 Å². The maximum absolute atomic E-state index is 14.5. The van der Waals surface area contributed by atoms with Crippen molar-refractivity contribution in [1.82, 2.24) is 20.1 Å². The third-order valence-electron chi connectivity index (χ3n) is 13.9. The number of aliphatic hydroxyl groups excluding tert-OH is 3. The van der Waals surface area contributed by atoms with E-state index in [9.17, 15) is 35.1 Å². The molecule has 0 radical (unpaired) electrons. The number of cyclic esters (lactones) is 1. The number of aliphatic hydroxyl groups is 5. The third kappa shape index (κ3) is 14.1. The van der Waals surface area contributed by atoms with Crippen LogP contribution < -0.4 is 5.32 Å². The zero-order valence-corrected chi connectivity index (χ0v) is 41.6. The van der Waals surface area contributed by atoms with Crippen molar-refractivity contribution in [2.24, 2.45) is 17.8 Å². The largest absolute Gasteiger partial charge is 0.483 e. The molecule has 4 rings (SSSR count). The molecule has 0 bridgehead atoms. The minimum absolute atomic E-state index is 0.0982. The summed E-state index contributed by atoms with van der Waals surface area (Å²) >= 11 is 0. The summed E-state index contributed by atoms with van der Waals surface area (Å²) in [6.45, 7) is 19.8. The summed E-state index contributed by atoms with van der Waals surface area (Å²) in [4.78, 5) is 43.5. The molecule has 4 heterocycles. The number of methoxy groups -OCH3 is 1. The number of carboxylic acid groups (broad SMARTS) is 1. The van der Waals surface area contributed by atoms with Crippen LogP contribution in [0.5, 0.6) is 0 Å². The third-order valence-corrected chi connectivity index (χ3v) is 13.9. The maximum atomic E-state index is 14.5. The van der Waals surface area contributed by atoms with Crippen LogP contribution in [0.4, 0.5) is 0 Å². The molecule has 20 heteroatoms. The molecule has 382 valence electrons. The second-order valence-corrected chi connectivity index (χ2v) is 19.7. The van der Waals surface area contributed by atoms with Crippen LogP contribution in [0.1, 0.15) is 118 Å². The number of oxazole rings is 1. The van der Waals surface area contributed by atoms with Crippen LogP contribution in [0.3, 0.4) is 0 Å². The number of carbonyl (C=O) groups excluding carboxylic acids is 2. The molecule has 3 aliphatic rings. The lowest BCUT2D eigenvalue weighted by Gasteiger charge is -2.48. The first kappa shape index (κ1) is 57.5. The number of hydrogen-bond donors (Lipinski definition) is 7. The lowest BCUT2D eigenvalue weighted by Crippen LogP contribution is -2.60. The van der Waals surface area contributed by atoms with Gasteiger partial charge in [0.2, 0.25) is 5.76 Å². The molecular formula is C46H82N4O16. The summed E-state index contributed by atoms with van der Waals surface area (Å²) < 4.78 is 43.2. The summed E-state index contributed by atoms with van der Waals surface area (Å²) in [6, 6.07) is -1.01. The first-order chi connectivity index (χ1) is 30.7. The first-order valence-corrected chi connectivity index (χ1v) is 23.2. The number of esters is 1. The van der Waals surface area contributed by atoms with Crippen LogP contribution in [-0.2, 0) is 38.0 Å². The molecule has 3 aliphatic heterocycles. The lowest BCUT2D eigenvalue weighted by molar-refractivity contribution is -0.318. The van der Waals surface area contributed by atoms with E-state index in [2.05, 4.69) is 10.3 Å². The summed E-state index contributed by atoms with van der Waals surface area (Å²) in [5.41, 5.74) is -4.17. The number of nitrogens with one attached hydrogen (secondary N) is 1. The molecule has 3 saturated heterocycles. The average molecular weight is 947 g/mol. The van der Waals surface area contributed by atoms with Gasteiger partial charge in [-0.2, -0.15) is 0 Å². The van der Waals surface area contributed by atoms with Crippen LogP contribution in [0.2, 0.25) is 0 Å². The average Bonchev–Trinajstić information content (AvgIpc) is 3.68. The van der Waals surface area contributed by atoms with E-state index in [1.165, 1.54) is 20.4 Å². The summed E-state index contributed by atoms with van der Waals surface area (Å²) in [5, 5.41) is 69.4. The Labute approximate surface area is 390 Å². The molecule has 18 atom stereocenters. The van der Waals surface area contributed by atoms with Gasteiger partial charge < -0.3 is 73.7 Å². The monoisotopic (exact) mass is 947 g/mol. The molecule has 1 amide bonds. The van der Waals surface area contributed by atoms with E-state index in [4.69, 9.17) is 42.7 Å². The Balaban J connectivity index is 0.00000375. The molecule has 20 nitrogen and oxygen atoms in total. The minimum atomic E-state index is -1.92. The van der Waals surface area contributed by atoms with Crippen LogP contribution in [0.25, 0.3) is 0 Å². The normalized spacial score (nSPS) is 41.2. The Hall–Kier alpha value is -2.86. The van der Waals surface area contributed by atoms with Gasteiger partial charge in [-0.05, 0) is 101 Å². The molecule has 0 unspecified atom stereocenters. The molecule has 0 aliphatic carbocycles. The van der Waals surface area contributed by atoms with Crippen molar-refractivity contribution in [3.63, 3.8) is 0 Å². The SMILES string of the molecule is CC[C@H]1OC(=O)[C@H](C)[C@@H](O[C@H]2C[C@@](C)(OC)[C@@H](O)[C@H](C)O2)[C@H](C)[C@@H](O[C@@H]2O[C@H](C)C[C@H](N(C)C)[C@H]2O)[C@](C)(O)C[C@@H](C)CN(CCCNC(=O)c2ocnc2C)[C@H](C)[C@@H](O)[C@]1(C)O.O=CO. The predicted octanol–water partition coefficient (Wildman–Crippen LogP) is 2.09. The van der Waals surface area contributed by atoms with Crippen molar-refractivity contribution in [3.8, 4) is 0 Å². The Kier molecular flexibility index (Phi) is 21.4. The van der Waals surface area contributed by atoms with Gasteiger partial charge in [-0.3, -0.25) is 19.3 Å². The topological polar surface area (TPSA) is 273 Å². The second-order valence-electron chi connectivity index (χ2n) is 19.7. The highest BCUT2D eigenvalue weighted by Crippen LogP contribution is 2.40. The van der Waals surface area contributed by atoms with Crippen molar-refractivity contribution in [2.45, 2.75) is 199 Å². The summed E-state index contributed by atoms with van der Waals surface area (Å²) in [7, 11) is 5.24. The summed E-state index contributed by atoms with van der Waals surface area (Å²) in [5.74, 6) is -3.17. The first-order valence-electron chi connectivity index (χ1n) is 23.2. The summed E-state index contributed by atoms with van der Waals surface area (Å²) in [6.07, 6.45) is -7.40. The smallest absolute Gasteiger partial charge is 0.311 e. The minimum Gasteiger partial charge on any atom is -0.483 e. The van der Waals surface area contributed by atoms with Gasteiger partial charge in [0, 0.05) is 51.2 Å². The number of hydrogen-bond acceptors (Lipinski definition) is 18. The molecule has 1 aromatic heterocycles. The Bertz CT molecular complexity index is 1670. The van der Waals surface area contributed by atoms with Crippen molar-refractivity contribution >= 4 is 18.3 Å². The Morgan fingerprint density at radius 3 is 2.23 bits per heavy atom. The maximum Gasteiger partial charge on any atom is 0.311 e. The highest BCUT2D eigenvalue weighted by Gasteiger charge is 2.53. The van der Waals surface area contributed by atoms with E-state index < -0.39 is 102 Å². The number of likely N-dealkylation sites (N-methyl/N-ethyl adjacent to an activating group) is 1. The van der Waals surface area contributed by atoms with Crippen LogP contribution >= 0.6 is 0 Å². The van der Waals surface area contributed by atoms with Crippen LogP contribution in [0.15, 0.2) is 10.8 Å². The number of rotatable bonds is 12. The lowest BCUT2D eigenvalue weighted by atomic mass is 9.77. The molecule has 66 heavy (non-hydrogen) atoms. The number of aromatic nitrogens is 1. The number of carbonyl (C=O) groups is 3. The molecular weight excluding hydrogens is 865 g/mol. The number of amides is 1. The van der Waals surface area contributed by atoms with Crippen molar-refractivity contribution in [3.05, 3.63) is 17.8 Å². The fraction of sp³-hybridized carbons (Fsp3) is 0.870. The number of nitrogens with zero attached hydrogens (tertiary/aromatic N) is 3. The van der Waals surface area contributed by atoms with E-state index in [1.54, 1.807) is 55.4 Å². The number of ether oxygens (including phenoxy) is 6. The highest BCUT2D eigenvalue weighted by atomic mass is 16.7. The van der Waals surface area contributed by atoms with Gasteiger partial charge in [0.05, 0.1) is 47.2 Å².